The lowest BCUT2D eigenvalue weighted by Crippen LogP contribution is -2.42. The van der Waals surface area contributed by atoms with E-state index in [0.29, 0.717) is 25.5 Å². The summed E-state index contributed by atoms with van der Waals surface area (Å²) in [6.45, 7) is 2.80. The summed E-state index contributed by atoms with van der Waals surface area (Å²) in [4.78, 5) is 17.6. The Morgan fingerprint density at radius 3 is 3.00 bits per heavy atom. The number of nitrogens with one attached hydrogen (secondary N) is 2. The zero-order valence-electron chi connectivity index (χ0n) is 13.2. The van der Waals surface area contributed by atoms with Gasteiger partial charge in [-0.05, 0) is 18.6 Å². The Labute approximate surface area is 136 Å². The van der Waals surface area contributed by atoms with Gasteiger partial charge in [-0.15, -0.1) is 0 Å². The molecule has 6 nitrogen and oxygen atoms in total. The highest BCUT2D eigenvalue weighted by Crippen LogP contribution is 2.16. The molecule has 23 heavy (non-hydrogen) atoms. The van der Waals surface area contributed by atoms with Crippen molar-refractivity contribution in [3.63, 3.8) is 0 Å². The molecule has 2 aliphatic rings. The number of amides is 1. The van der Waals surface area contributed by atoms with E-state index in [0.717, 1.165) is 31.8 Å². The Bertz CT molecular complexity index is 491. The Balaban J connectivity index is 1.32. The molecular formula is C17H24N2O4. The molecular weight excluding hydrogens is 296 g/mol. The maximum atomic E-state index is 12.1. The Hall–Kier alpha value is -1.63. The van der Waals surface area contributed by atoms with Crippen LogP contribution >= 0.6 is 0 Å². The fourth-order valence-electron chi connectivity index (χ4n) is 2.81. The molecule has 6 heteroatoms. The van der Waals surface area contributed by atoms with Gasteiger partial charge in [0.1, 0.15) is 11.8 Å². The molecule has 0 aliphatic carbocycles. The van der Waals surface area contributed by atoms with E-state index >= 15 is 0 Å². The van der Waals surface area contributed by atoms with Gasteiger partial charge in [-0.25, -0.2) is 0 Å². The minimum Gasteiger partial charge on any atom is -0.493 e. The number of ether oxygens (including phenoxy) is 2. The maximum Gasteiger partial charge on any atom is 0.239 e. The summed E-state index contributed by atoms with van der Waals surface area (Å²) in [5.41, 5.74) is 2.83. The van der Waals surface area contributed by atoms with Crippen molar-refractivity contribution in [1.29, 1.82) is 0 Å². The molecule has 0 aromatic heterocycles. The standard InChI is InChI=1S/C17H24N2O4/c20-17(18-11-13-6-8-21-12-13)16-10-15(23-19-16)7-9-22-14-4-2-1-3-5-14/h1-5,13,15-16,19H,6-12H2,(H,18,20). The molecule has 1 amide bonds. The third-order valence-electron chi connectivity index (χ3n) is 4.23. The van der Waals surface area contributed by atoms with Crippen LogP contribution in [0.3, 0.4) is 0 Å². The van der Waals surface area contributed by atoms with Crippen LogP contribution in [0.25, 0.3) is 0 Å². The van der Waals surface area contributed by atoms with Gasteiger partial charge in [0.05, 0.1) is 19.3 Å². The highest BCUT2D eigenvalue weighted by Gasteiger charge is 2.31. The van der Waals surface area contributed by atoms with Gasteiger partial charge in [0.15, 0.2) is 0 Å². The van der Waals surface area contributed by atoms with Crippen molar-refractivity contribution in [2.75, 3.05) is 26.4 Å². The second-order valence-electron chi connectivity index (χ2n) is 6.07. The first-order valence-corrected chi connectivity index (χ1v) is 8.26. The average Bonchev–Trinajstić information content (AvgIpc) is 3.25. The van der Waals surface area contributed by atoms with Gasteiger partial charge < -0.3 is 14.8 Å². The molecule has 2 N–H and O–H groups in total. The van der Waals surface area contributed by atoms with Gasteiger partial charge in [0, 0.05) is 31.9 Å². The van der Waals surface area contributed by atoms with Crippen LogP contribution in [-0.2, 0) is 14.4 Å². The Kier molecular flexibility index (Phi) is 5.85. The summed E-state index contributed by atoms with van der Waals surface area (Å²) in [5, 5.41) is 2.98. The van der Waals surface area contributed by atoms with E-state index in [1.54, 1.807) is 0 Å². The summed E-state index contributed by atoms with van der Waals surface area (Å²) >= 11 is 0. The lowest BCUT2D eigenvalue weighted by atomic mass is 10.1. The zero-order chi connectivity index (χ0) is 15.9. The topological polar surface area (TPSA) is 68.8 Å². The van der Waals surface area contributed by atoms with Crippen molar-refractivity contribution < 1.29 is 19.1 Å². The van der Waals surface area contributed by atoms with Crippen molar-refractivity contribution in [1.82, 2.24) is 10.8 Å². The molecule has 2 heterocycles. The molecule has 2 fully saturated rings. The van der Waals surface area contributed by atoms with Crippen LogP contribution in [-0.4, -0.2) is 44.4 Å². The Morgan fingerprint density at radius 1 is 1.35 bits per heavy atom. The van der Waals surface area contributed by atoms with E-state index in [-0.39, 0.29) is 18.1 Å². The van der Waals surface area contributed by atoms with Crippen molar-refractivity contribution in [2.45, 2.75) is 31.4 Å². The summed E-state index contributed by atoms with van der Waals surface area (Å²) in [6, 6.07) is 9.42. The second-order valence-corrected chi connectivity index (χ2v) is 6.07. The van der Waals surface area contributed by atoms with Crippen LogP contribution in [0.4, 0.5) is 0 Å². The third-order valence-corrected chi connectivity index (χ3v) is 4.23. The minimum absolute atomic E-state index is 0.00313. The largest absolute Gasteiger partial charge is 0.493 e. The Morgan fingerprint density at radius 2 is 2.22 bits per heavy atom. The SMILES string of the molecule is O=C(NCC1CCOC1)C1CC(CCOc2ccccc2)ON1. The fraction of sp³-hybridized carbons (Fsp3) is 0.588. The number of carbonyl (C=O) groups excluding carboxylic acids is 1. The second kappa shape index (κ2) is 8.29. The molecule has 3 rings (SSSR count). The molecule has 3 unspecified atom stereocenters. The monoisotopic (exact) mass is 320 g/mol. The van der Waals surface area contributed by atoms with Gasteiger partial charge in [0.2, 0.25) is 5.91 Å². The van der Waals surface area contributed by atoms with E-state index in [9.17, 15) is 4.79 Å². The highest BCUT2D eigenvalue weighted by molar-refractivity contribution is 5.81. The number of para-hydroxylation sites is 1. The first-order chi connectivity index (χ1) is 11.3. The predicted octanol–water partition coefficient (Wildman–Crippen LogP) is 1.27. The third kappa shape index (κ3) is 4.92. The molecule has 1 aromatic rings. The maximum absolute atomic E-state index is 12.1. The molecule has 1 aromatic carbocycles. The van der Waals surface area contributed by atoms with E-state index in [4.69, 9.17) is 14.3 Å². The molecule has 0 bridgehead atoms. The highest BCUT2D eigenvalue weighted by atomic mass is 16.7. The summed E-state index contributed by atoms with van der Waals surface area (Å²) in [5.74, 6) is 1.30. The first kappa shape index (κ1) is 16.2. The average molecular weight is 320 g/mol. The van der Waals surface area contributed by atoms with Crippen LogP contribution in [0.15, 0.2) is 30.3 Å². The number of hydrogen-bond donors (Lipinski definition) is 2. The van der Waals surface area contributed by atoms with Gasteiger partial charge in [-0.1, -0.05) is 18.2 Å². The molecule has 2 saturated heterocycles. The molecule has 2 aliphatic heterocycles. The lowest BCUT2D eigenvalue weighted by Gasteiger charge is -2.12. The van der Waals surface area contributed by atoms with Crippen molar-refractivity contribution in [3.05, 3.63) is 30.3 Å². The van der Waals surface area contributed by atoms with E-state index < -0.39 is 0 Å². The quantitative estimate of drug-likeness (QED) is 0.792. The fourth-order valence-corrected chi connectivity index (χ4v) is 2.81. The van der Waals surface area contributed by atoms with Crippen molar-refractivity contribution in [3.8, 4) is 5.75 Å². The van der Waals surface area contributed by atoms with Gasteiger partial charge in [-0.3, -0.25) is 9.63 Å². The minimum atomic E-state index is -0.279. The molecule has 0 spiro atoms. The number of rotatable bonds is 7. The van der Waals surface area contributed by atoms with Crippen LogP contribution in [0.5, 0.6) is 5.75 Å². The molecule has 3 atom stereocenters. The molecule has 0 saturated carbocycles. The summed E-state index contributed by atoms with van der Waals surface area (Å²) in [7, 11) is 0. The normalized spacial score (nSPS) is 27.0. The number of hydroxylamine groups is 1. The lowest BCUT2D eigenvalue weighted by molar-refractivity contribution is -0.124. The summed E-state index contributed by atoms with van der Waals surface area (Å²) in [6.07, 6.45) is 2.45. The molecule has 126 valence electrons. The smallest absolute Gasteiger partial charge is 0.239 e. The molecule has 0 radical (unpaired) electrons. The first-order valence-electron chi connectivity index (χ1n) is 8.26. The van der Waals surface area contributed by atoms with Crippen molar-refractivity contribution >= 4 is 5.91 Å². The van der Waals surface area contributed by atoms with E-state index in [2.05, 4.69) is 10.8 Å². The van der Waals surface area contributed by atoms with Gasteiger partial charge in [-0.2, -0.15) is 5.48 Å². The van der Waals surface area contributed by atoms with Crippen molar-refractivity contribution in [2.24, 2.45) is 5.92 Å². The van der Waals surface area contributed by atoms with Crippen LogP contribution < -0.4 is 15.5 Å². The van der Waals surface area contributed by atoms with Crippen LogP contribution in [0, 0.1) is 5.92 Å². The van der Waals surface area contributed by atoms with Gasteiger partial charge >= 0.3 is 0 Å². The number of hydrogen-bond acceptors (Lipinski definition) is 5. The summed E-state index contributed by atoms with van der Waals surface area (Å²) < 4.78 is 11.0. The zero-order valence-corrected chi connectivity index (χ0v) is 13.2. The van der Waals surface area contributed by atoms with Gasteiger partial charge in [0.25, 0.3) is 0 Å². The number of carbonyl (C=O) groups is 1. The van der Waals surface area contributed by atoms with E-state index in [1.807, 2.05) is 30.3 Å². The van der Waals surface area contributed by atoms with E-state index in [1.165, 1.54) is 0 Å². The van der Waals surface area contributed by atoms with Crippen LogP contribution in [0.2, 0.25) is 0 Å². The predicted molar refractivity (Wildman–Crippen MR) is 84.9 cm³/mol. The van der Waals surface area contributed by atoms with Crippen LogP contribution in [0.1, 0.15) is 19.3 Å². The number of benzene rings is 1.